The number of furan rings is 1. The van der Waals surface area contributed by atoms with Crippen molar-refractivity contribution in [2.75, 3.05) is 4.90 Å². The summed E-state index contributed by atoms with van der Waals surface area (Å²) in [5.74, 6) is 0.761. The van der Waals surface area contributed by atoms with Crippen molar-refractivity contribution in [2.45, 2.75) is 40.7 Å². The fraction of sp³-hybridized carbons (Fsp3) is 0.250. The number of hydrogen-bond acceptors (Lipinski definition) is 4. The fourth-order valence-corrected chi connectivity index (χ4v) is 4.56. The van der Waals surface area contributed by atoms with Gasteiger partial charge in [-0.15, -0.1) is 0 Å². The maximum Gasteiger partial charge on any atom is 0.233 e. The van der Waals surface area contributed by atoms with E-state index in [4.69, 9.17) is 9.40 Å². The van der Waals surface area contributed by atoms with E-state index in [1.807, 2.05) is 26.0 Å². The van der Waals surface area contributed by atoms with Gasteiger partial charge in [0, 0.05) is 0 Å². The molecule has 0 saturated carbocycles. The Labute approximate surface area is 174 Å². The minimum Gasteiger partial charge on any atom is -0.467 e. The van der Waals surface area contributed by atoms with Crippen molar-refractivity contribution in [1.29, 1.82) is 0 Å². The molecule has 4 rings (SSSR count). The minimum atomic E-state index is 0.0180. The van der Waals surface area contributed by atoms with Crippen LogP contribution in [0.2, 0.25) is 0 Å². The number of amides is 1. The maximum absolute atomic E-state index is 13.4. The Morgan fingerprint density at radius 3 is 2.52 bits per heavy atom. The summed E-state index contributed by atoms with van der Waals surface area (Å²) in [6, 6.07) is 14.1. The van der Waals surface area contributed by atoms with Gasteiger partial charge in [-0.05, 0) is 62.1 Å². The lowest BCUT2D eigenvalue weighted by atomic mass is 10.0. The van der Waals surface area contributed by atoms with Gasteiger partial charge in [0.2, 0.25) is 5.91 Å². The quantitative estimate of drug-likeness (QED) is 0.416. The third-order valence-electron chi connectivity index (χ3n) is 5.20. The normalized spacial score (nSPS) is 11.2. The van der Waals surface area contributed by atoms with Crippen LogP contribution in [0.5, 0.6) is 0 Å². The van der Waals surface area contributed by atoms with Gasteiger partial charge >= 0.3 is 0 Å². The van der Waals surface area contributed by atoms with E-state index < -0.39 is 0 Å². The van der Waals surface area contributed by atoms with Gasteiger partial charge in [0.1, 0.15) is 5.76 Å². The van der Waals surface area contributed by atoms with Gasteiger partial charge in [-0.3, -0.25) is 9.69 Å². The highest BCUT2D eigenvalue weighted by molar-refractivity contribution is 7.22. The van der Waals surface area contributed by atoms with Crippen molar-refractivity contribution in [1.82, 2.24) is 4.98 Å². The van der Waals surface area contributed by atoms with E-state index in [9.17, 15) is 4.79 Å². The molecule has 0 spiro atoms. The number of anilines is 1. The number of fused-ring (bicyclic) bond motifs is 1. The van der Waals surface area contributed by atoms with Crippen molar-refractivity contribution < 1.29 is 9.21 Å². The summed E-state index contributed by atoms with van der Waals surface area (Å²) in [6.07, 6.45) is 1.97. The van der Waals surface area contributed by atoms with E-state index in [-0.39, 0.29) is 5.91 Å². The second-order valence-corrected chi connectivity index (χ2v) is 8.52. The first kappa shape index (κ1) is 19.4. The summed E-state index contributed by atoms with van der Waals surface area (Å²) < 4.78 is 6.66. The first-order chi connectivity index (χ1) is 13.9. The lowest BCUT2D eigenvalue weighted by Gasteiger charge is -2.19. The number of aromatic nitrogens is 1. The van der Waals surface area contributed by atoms with Crippen LogP contribution in [0.25, 0.3) is 10.2 Å². The number of thiazole rings is 1. The van der Waals surface area contributed by atoms with Gasteiger partial charge in [-0.1, -0.05) is 47.2 Å². The second-order valence-electron chi connectivity index (χ2n) is 7.54. The molecular weight excluding hydrogens is 380 g/mol. The van der Waals surface area contributed by atoms with E-state index in [0.717, 1.165) is 38.2 Å². The highest BCUT2D eigenvalue weighted by atomic mass is 32.1. The topological polar surface area (TPSA) is 46.3 Å². The van der Waals surface area contributed by atoms with Crippen molar-refractivity contribution >= 4 is 32.6 Å². The molecular formula is C24H24N2O2S. The first-order valence-electron chi connectivity index (χ1n) is 9.68. The lowest BCUT2D eigenvalue weighted by Crippen LogP contribution is -2.31. The Morgan fingerprint density at radius 2 is 1.79 bits per heavy atom. The van der Waals surface area contributed by atoms with Gasteiger partial charge in [0.25, 0.3) is 0 Å². The van der Waals surface area contributed by atoms with Crippen LogP contribution >= 0.6 is 11.3 Å². The number of nitrogens with zero attached hydrogens (tertiary/aromatic N) is 2. The number of rotatable bonds is 5. The molecule has 2 aromatic carbocycles. The first-order valence-corrected chi connectivity index (χ1v) is 10.5. The number of benzene rings is 2. The number of carbonyl (C=O) groups excluding carboxylic acids is 1. The molecule has 1 amide bonds. The van der Waals surface area contributed by atoms with Crippen LogP contribution in [0.15, 0.2) is 53.1 Å². The average Bonchev–Trinajstić information content (AvgIpc) is 3.36. The molecule has 2 heterocycles. The summed E-state index contributed by atoms with van der Waals surface area (Å²) in [4.78, 5) is 20.0. The molecule has 4 nitrogen and oxygen atoms in total. The van der Waals surface area contributed by atoms with Crippen LogP contribution in [0.4, 0.5) is 5.13 Å². The second kappa shape index (κ2) is 7.84. The Morgan fingerprint density at radius 1 is 1.03 bits per heavy atom. The average molecular weight is 405 g/mol. The summed E-state index contributed by atoms with van der Waals surface area (Å²) in [5, 5.41) is 0.712. The highest BCUT2D eigenvalue weighted by Crippen LogP contribution is 2.34. The van der Waals surface area contributed by atoms with Crippen molar-refractivity contribution in [2.24, 2.45) is 0 Å². The largest absolute Gasteiger partial charge is 0.467 e. The van der Waals surface area contributed by atoms with Crippen LogP contribution in [0, 0.1) is 27.7 Å². The van der Waals surface area contributed by atoms with Gasteiger partial charge in [-0.2, -0.15) is 0 Å². The van der Waals surface area contributed by atoms with E-state index in [2.05, 4.69) is 44.2 Å². The predicted molar refractivity (Wildman–Crippen MR) is 119 cm³/mol. The van der Waals surface area contributed by atoms with Crippen LogP contribution in [-0.4, -0.2) is 10.9 Å². The van der Waals surface area contributed by atoms with E-state index in [1.54, 1.807) is 22.5 Å². The maximum atomic E-state index is 13.4. The smallest absolute Gasteiger partial charge is 0.233 e. The molecule has 29 heavy (non-hydrogen) atoms. The summed E-state index contributed by atoms with van der Waals surface area (Å²) in [6.45, 7) is 8.60. The summed E-state index contributed by atoms with van der Waals surface area (Å²) in [5.41, 5.74) is 6.59. The molecule has 0 atom stereocenters. The Hall–Kier alpha value is -2.92. The van der Waals surface area contributed by atoms with Gasteiger partial charge < -0.3 is 4.42 Å². The molecule has 0 aliphatic carbocycles. The molecule has 4 aromatic rings. The third kappa shape index (κ3) is 3.96. The van der Waals surface area contributed by atoms with E-state index >= 15 is 0 Å². The van der Waals surface area contributed by atoms with Crippen molar-refractivity contribution in [3.63, 3.8) is 0 Å². The molecule has 0 aliphatic heterocycles. The van der Waals surface area contributed by atoms with E-state index in [1.165, 1.54) is 5.56 Å². The van der Waals surface area contributed by atoms with Crippen molar-refractivity contribution in [3.05, 3.63) is 82.3 Å². The zero-order valence-electron chi connectivity index (χ0n) is 17.2. The molecule has 0 unspecified atom stereocenters. The zero-order chi connectivity index (χ0) is 20.5. The SMILES string of the molecule is Cc1ccc(C)c(CC(=O)N(Cc2ccco2)c2nc3c(C)ccc(C)c3s2)c1. The molecule has 0 fully saturated rings. The molecule has 0 radical (unpaired) electrons. The fourth-order valence-electron chi connectivity index (χ4n) is 3.43. The van der Waals surface area contributed by atoms with Crippen molar-refractivity contribution in [3.8, 4) is 0 Å². The van der Waals surface area contributed by atoms with Crippen LogP contribution in [-0.2, 0) is 17.8 Å². The molecule has 2 aromatic heterocycles. The van der Waals surface area contributed by atoms with Gasteiger partial charge in [0.05, 0.1) is 29.4 Å². The molecule has 148 valence electrons. The van der Waals surface area contributed by atoms with Crippen LogP contribution < -0.4 is 4.90 Å². The lowest BCUT2D eigenvalue weighted by molar-refractivity contribution is -0.118. The van der Waals surface area contributed by atoms with Crippen LogP contribution in [0.1, 0.15) is 33.6 Å². The third-order valence-corrected chi connectivity index (χ3v) is 6.42. The number of hydrogen-bond donors (Lipinski definition) is 0. The monoisotopic (exact) mass is 404 g/mol. The van der Waals surface area contributed by atoms with Gasteiger partial charge in [0.15, 0.2) is 5.13 Å². The Bertz CT molecular complexity index is 1140. The molecule has 0 aliphatic rings. The van der Waals surface area contributed by atoms with Gasteiger partial charge in [-0.25, -0.2) is 4.98 Å². The standard InChI is InChI=1S/C24H24N2O2S/c1-15-7-8-16(2)19(12-15)13-21(27)26(14-20-6-5-11-28-20)24-25-22-17(3)9-10-18(4)23(22)29-24/h5-12H,13-14H2,1-4H3. The number of aryl methyl sites for hydroxylation is 4. The van der Waals surface area contributed by atoms with E-state index in [0.29, 0.717) is 18.1 Å². The highest BCUT2D eigenvalue weighted by Gasteiger charge is 2.23. The summed E-state index contributed by atoms with van der Waals surface area (Å²) >= 11 is 1.57. The Balaban J connectivity index is 1.73. The molecule has 0 N–H and O–H groups in total. The Kier molecular flexibility index (Phi) is 5.24. The number of carbonyl (C=O) groups is 1. The molecule has 0 saturated heterocycles. The molecule has 0 bridgehead atoms. The zero-order valence-corrected chi connectivity index (χ0v) is 18.0. The minimum absolute atomic E-state index is 0.0180. The van der Waals surface area contributed by atoms with Crippen LogP contribution in [0.3, 0.4) is 0 Å². The molecule has 5 heteroatoms. The summed E-state index contributed by atoms with van der Waals surface area (Å²) in [7, 11) is 0. The predicted octanol–water partition coefficient (Wildman–Crippen LogP) is 5.90.